The van der Waals surface area contributed by atoms with Crippen molar-refractivity contribution in [1.82, 2.24) is 9.62 Å². The van der Waals surface area contributed by atoms with Crippen LogP contribution in [0.25, 0.3) is 0 Å². The predicted octanol–water partition coefficient (Wildman–Crippen LogP) is 3.29. The summed E-state index contributed by atoms with van der Waals surface area (Å²) in [5.74, 6) is 0.202. The van der Waals surface area contributed by atoms with Crippen molar-refractivity contribution >= 4 is 39.1 Å². The smallest absolute Gasteiger partial charge is 0.263 e. The van der Waals surface area contributed by atoms with Gasteiger partial charge in [-0.05, 0) is 36.8 Å². The van der Waals surface area contributed by atoms with E-state index in [9.17, 15) is 13.2 Å². The van der Waals surface area contributed by atoms with Crippen molar-refractivity contribution < 1.29 is 13.2 Å². The van der Waals surface area contributed by atoms with Crippen LogP contribution < -0.4 is 9.62 Å². The number of unbranched alkanes of at least 4 members (excludes halogenated alkanes) is 1. The minimum Gasteiger partial charge on any atom is -0.368 e. The summed E-state index contributed by atoms with van der Waals surface area (Å²) < 4.78 is 27.4. The quantitative estimate of drug-likeness (QED) is 0.696. The van der Waals surface area contributed by atoms with Gasteiger partial charge >= 0.3 is 0 Å². The number of rotatable bonds is 6. The number of nitrogens with one attached hydrogen (secondary N) is 1. The Morgan fingerprint density at radius 1 is 1.12 bits per heavy atom. The van der Waals surface area contributed by atoms with E-state index in [1.807, 2.05) is 29.2 Å². The predicted molar refractivity (Wildman–Crippen MR) is 127 cm³/mol. The summed E-state index contributed by atoms with van der Waals surface area (Å²) in [6, 6.07) is 13.8. The average Bonchev–Trinajstić information content (AvgIpc) is 3.06. The van der Waals surface area contributed by atoms with Gasteiger partial charge in [0.1, 0.15) is 11.9 Å². The molecule has 32 heavy (non-hydrogen) atoms. The largest absolute Gasteiger partial charge is 0.368 e. The third-order valence-corrected chi connectivity index (χ3v) is 7.46. The number of piperazine rings is 1. The molecular formula is C23H27ClN4O3S. The SMILES string of the molecule is CCCCC(N=C1NS(=O)(=O)c2ccccc21)C(=O)N1CCN(c2cccc(Cl)c2)CC1. The van der Waals surface area contributed by atoms with Gasteiger partial charge in [-0.3, -0.25) is 14.5 Å². The number of hydrogen-bond donors (Lipinski definition) is 1. The fourth-order valence-electron chi connectivity index (χ4n) is 4.09. The van der Waals surface area contributed by atoms with Crippen molar-refractivity contribution in [3.05, 3.63) is 59.1 Å². The zero-order valence-electron chi connectivity index (χ0n) is 18.0. The van der Waals surface area contributed by atoms with Crippen LogP contribution in [-0.4, -0.2) is 57.3 Å². The first kappa shape index (κ1) is 22.6. The minimum absolute atomic E-state index is 0.0553. The van der Waals surface area contributed by atoms with Crippen LogP contribution in [0, 0.1) is 0 Å². The molecule has 9 heteroatoms. The molecule has 1 N–H and O–H groups in total. The van der Waals surface area contributed by atoms with Gasteiger partial charge < -0.3 is 9.80 Å². The van der Waals surface area contributed by atoms with Crippen LogP contribution >= 0.6 is 11.6 Å². The van der Waals surface area contributed by atoms with E-state index in [-0.39, 0.29) is 16.6 Å². The third-order valence-electron chi connectivity index (χ3n) is 5.83. The molecule has 2 aliphatic heterocycles. The lowest BCUT2D eigenvalue weighted by Crippen LogP contribution is -2.51. The van der Waals surface area contributed by atoms with E-state index in [4.69, 9.17) is 11.6 Å². The monoisotopic (exact) mass is 474 g/mol. The maximum atomic E-state index is 13.4. The summed E-state index contributed by atoms with van der Waals surface area (Å²) >= 11 is 6.12. The van der Waals surface area contributed by atoms with E-state index in [0.29, 0.717) is 43.2 Å². The molecule has 7 nitrogen and oxygen atoms in total. The van der Waals surface area contributed by atoms with E-state index >= 15 is 0 Å². The number of carbonyl (C=O) groups is 1. The minimum atomic E-state index is -3.64. The Hall–Kier alpha value is -2.58. The molecule has 4 rings (SSSR count). The lowest BCUT2D eigenvalue weighted by Gasteiger charge is -2.37. The first-order valence-corrected chi connectivity index (χ1v) is 12.7. The van der Waals surface area contributed by atoms with Gasteiger partial charge in [-0.1, -0.05) is 49.6 Å². The van der Waals surface area contributed by atoms with Crippen molar-refractivity contribution in [1.29, 1.82) is 0 Å². The van der Waals surface area contributed by atoms with Crippen molar-refractivity contribution in [2.75, 3.05) is 31.1 Å². The van der Waals surface area contributed by atoms with E-state index < -0.39 is 16.1 Å². The molecule has 2 aromatic rings. The highest BCUT2D eigenvalue weighted by atomic mass is 35.5. The molecule has 1 saturated heterocycles. The number of nitrogens with zero attached hydrogens (tertiary/aromatic N) is 3. The van der Waals surface area contributed by atoms with Gasteiger partial charge in [-0.25, -0.2) is 8.42 Å². The molecule has 0 bridgehead atoms. The second-order valence-electron chi connectivity index (χ2n) is 8.03. The lowest BCUT2D eigenvalue weighted by atomic mass is 10.1. The molecule has 2 aliphatic rings. The van der Waals surface area contributed by atoms with Crippen LogP contribution in [0.3, 0.4) is 0 Å². The first-order valence-electron chi connectivity index (χ1n) is 10.9. The van der Waals surface area contributed by atoms with Crippen molar-refractivity contribution in [2.45, 2.75) is 37.1 Å². The van der Waals surface area contributed by atoms with Gasteiger partial charge in [0.05, 0.1) is 4.90 Å². The van der Waals surface area contributed by atoms with Crippen LogP contribution in [0.1, 0.15) is 31.7 Å². The van der Waals surface area contributed by atoms with Crippen LogP contribution in [-0.2, 0) is 14.8 Å². The normalized spacial score (nSPS) is 19.5. The van der Waals surface area contributed by atoms with E-state index in [1.54, 1.807) is 24.3 Å². The number of halogens is 1. The highest BCUT2D eigenvalue weighted by Crippen LogP contribution is 2.24. The number of carbonyl (C=O) groups excluding carboxylic acids is 1. The molecule has 0 spiro atoms. The number of amidine groups is 1. The van der Waals surface area contributed by atoms with E-state index in [0.717, 1.165) is 18.5 Å². The maximum Gasteiger partial charge on any atom is 0.263 e. The molecule has 1 atom stereocenters. The Morgan fingerprint density at radius 3 is 2.59 bits per heavy atom. The number of fused-ring (bicyclic) bond motifs is 1. The molecule has 1 amide bonds. The second-order valence-corrected chi connectivity index (χ2v) is 10.1. The molecule has 2 heterocycles. The van der Waals surface area contributed by atoms with Crippen molar-refractivity contribution in [3.63, 3.8) is 0 Å². The molecule has 1 fully saturated rings. The summed E-state index contributed by atoms with van der Waals surface area (Å²) in [6.07, 6.45) is 2.35. The van der Waals surface area contributed by atoms with Gasteiger partial charge in [-0.15, -0.1) is 0 Å². The summed E-state index contributed by atoms with van der Waals surface area (Å²) in [6.45, 7) is 4.64. The Balaban J connectivity index is 1.51. The third kappa shape index (κ3) is 4.76. The van der Waals surface area contributed by atoms with Crippen molar-refractivity contribution in [3.8, 4) is 0 Å². The molecule has 0 radical (unpaired) electrons. The van der Waals surface area contributed by atoms with Gasteiger partial charge in [-0.2, -0.15) is 0 Å². The number of benzene rings is 2. The molecule has 170 valence electrons. The second kappa shape index (κ2) is 9.50. The highest BCUT2D eigenvalue weighted by Gasteiger charge is 2.33. The molecular weight excluding hydrogens is 448 g/mol. The zero-order chi connectivity index (χ0) is 22.7. The van der Waals surface area contributed by atoms with Gasteiger partial charge in [0.15, 0.2) is 0 Å². The Labute approximate surface area is 194 Å². The number of aliphatic imine (C=N–C) groups is 1. The number of hydrogen-bond acceptors (Lipinski definition) is 5. The van der Waals surface area contributed by atoms with E-state index in [2.05, 4.69) is 21.5 Å². The molecule has 1 unspecified atom stereocenters. The number of amides is 1. The Kier molecular flexibility index (Phi) is 6.71. The topological polar surface area (TPSA) is 82.1 Å². The fourth-order valence-corrected chi connectivity index (χ4v) is 5.52. The van der Waals surface area contributed by atoms with Crippen LogP contribution in [0.5, 0.6) is 0 Å². The standard InChI is InChI=1S/C23H27ClN4O3S/c1-2-3-10-20(25-22-19-9-4-5-11-21(19)32(30,31)26-22)23(29)28-14-12-27(13-15-28)18-8-6-7-17(24)16-18/h4-9,11,16,20H,2-3,10,12-15H2,1H3,(H,25,26). The number of anilines is 1. The lowest BCUT2D eigenvalue weighted by molar-refractivity contribution is -0.133. The first-order chi connectivity index (χ1) is 15.4. The Bertz CT molecular complexity index is 1130. The number of sulfonamides is 1. The van der Waals surface area contributed by atoms with Gasteiger partial charge in [0.2, 0.25) is 5.91 Å². The molecule has 0 aliphatic carbocycles. The highest BCUT2D eigenvalue weighted by molar-refractivity contribution is 7.90. The summed E-state index contributed by atoms with van der Waals surface area (Å²) in [5.41, 5.74) is 1.57. The maximum absolute atomic E-state index is 13.4. The van der Waals surface area contributed by atoms with Crippen LogP contribution in [0.4, 0.5) is 5.69 Å². The molecule has 2 aromatic carbocycles. The molecule has 0 aromatic heterocycles. The Morgan fingerprint density at radius 2 is 1.88 bits per heavy atom. The summed E-state index contributed by atoms with van der Waals surface area (Å²) in [4.78, 5) is 22.2. The summed E-state index contributed by atoms with van der Waals surface area (Å²) in [5, 5.41) is 0.691. The van der Waals surface area contributed by atoms with Gasteiger partial charge in [0.25, 0.3) is 10.0 Å². The fraction of sp³-hybridized carbons (Fsp3) is 0.391. The van der Waals surface area contributed by atoms with E-state index in [1.165, 1.54) is 0 Å². The molecule has 0 saturated carbocycles. The summed E-state index contributed by atoms with van der Waals surface area (Å²) in [7, 11) is -3.64. The van der Waals surface area contributed by atoms with Gasteiger partial charge in [0, 0.05) is 42.5 Å². The zero-order valence-corrected chi connectivity index (χ0v) is 19.6. The van der Waals surface area contributed by atoms with Crippen molar-refractivity contribution in [2.24, 2.45) is 4.99 Å². The van der Waals surface area contributed by atoms with Crippen LogP contribution in [0.2, 0.25) is 5.02 Å². The average molecular weight is 475 g/mol. The van der Waals surface area contributed by atoms with Crippen LogP contribution in [0.15, 0.2) is 58.4 Å².